The first-order valence-electron chi connectivity index (χ1n) is 8.53. The summed E-state index contributed by atoms with van der Waals surface area (Å²) in [6.45, 7) is 4.94. The second-order valence-electron chi connectivity index (χ2n) is 6.37. The topological polar surface area (TPSA) is 49.3 Å². The number of nitrogens with zero attached hydrogens (tertiary/aromatic N) is 4. The fraction of sp³-hybridized carbons (Fsp3) is 0.250. The zero-order valence-electron chi connectivity index (χ0n) is 14.2. The standard InChI is InChI=1S/C20H20N4O/c1-15-5-4-6-16(13-15)20(25)24-11-9-23(10-12-24)19-14-21-17-7-2-3-8-18(17)22-19/h2-8,13-14H,9-12H2,1H3. The highest BCUT2D eigenvalue weighted by Crippen LogP contribution is 2.18. The molecule has 1 saturated heterocycles. The van der Waals surface area contributed by atoms with Gasteiger partial charge in [-0.15, -0.1) is 0 Å². The fourth-order valence-corrected chi connectivity index (χ4v) is 3.20. The Bertz CT molecular complexity index is 916. The van der Waals surface area contributed by atoms with E-state index >= 15 is 0 Å². The lowest BCUT2D eigenvalue weighted by molar-refractivity contribution is 0.0746. The minimum absolute atomic E-state index is 0.105. The van der Waals surface area contributed by atoms with Crippen LogP contribution in [0.1, 0.15) is 15.9 Å². The Balaban J connectivity index is 1.46. The van der Waals surface area contributed by atoms with Gasteiger partial charge in [-0.05, 0) is 31.2 Å². The number of rotatable bonds is 2. The van der Waals surface area contributed by atoms with E-state index in [4.69, 9.17) is 4.98 Å². The predicted octanol–water partition coefficient (Wildman–Crippen LogP) is 2.90. The highest BCUT2D eigenvalue weighted by atomic mass is 16.2. The maximum absolute atomic E-state index is 12.6. The molecule has 5 nitrogen and oxygen atoms in total. The smallest absolute Gasteiger partial charge is 0.253 e. The quantitative estimate of drug-likeness (QED) is 0.724. The van der Waals surface area contributed by atoms with Crippen LogP contribution < -0.4 is 4.90 Å². The van der Waals surface area contributed by atoms with Crippen LogP contribution in [0.15, 0.2) is 54.7 Å². The lowest BCUT2D eigenvalue weighted by Gasteiger charge is -2.35. The number of hydrogen-bond donors (Lipinski definition) is 0. The summed E-state index contributed by atoms with van der Waals surface area (Å²) in [5.41, 5.74) is 3.67. The second-order valence-corrected chi connectivity index (χ2v) is 6.37. The van der Waals surface area contributed by atoms with Gasteiger partial charge in [-0.3, -0.25) is 9.78 Å². The summed E-state index contributed by atoms with van der Waals surface area (Å²) >= 11 is 0. The van der Waals surface area contributed by atoms with Gasteiger partial charge >= 0.3 is 0 Å². The van der Waals surface area contributed by atoms with Crippen LogP contribution in [0, 0.1) is 6.92 Å². The molecule has 0 radical (unpaired) electrons. The number of benzene rings is 2. The number of piperazine rings is 1. The number of aryl methyl sites for hydroxylation is 1. The van der Waals surface area contributed by atoms with Gasteiger partial charge < -0.3 is 9.80 Å². The van der Waals surface area contributed by atoms with Crippen LogP contribution in [0.2, 0.25) is 0 Å². The summed E-state index contributed by atoms with van der Waals surface area (Å²) in [6, 6.07) is 15.6. The third kappa shape index (κ3) is 3.18. The maximum Gasteiger partial charge on any atom is 0.253 e. The molecule has 5 heteroatoms. The number of hydrogen-bond acceptors (Lipinski definition) is 4. The van der Waals surface area contributed by atoms with E-state index in [0.29, 0.717) is 13.1 Å². The number of anilines is 1. The second kappa shape index (κ2) is 6.51. The predicted molar refractivity (Wildman–Crippen MR) is 98.8 cm³/mol. The molecule has 0 unspecified atom stereocenters. The molecular weight excluding hydrogens is 312 g/mol. The molecular formula is C20H20N4O. The molecule has 126 valence electrons. The highest BCUT2D eigenvalue weighted by molar-refractivity contribution is 5.94. The van der Waals surface area contributed by atoms with Crippen molar-refractivity contribution >= 4 is 22.8 Å². The molecule has 4 rings (SSSR count). The Labute approximate surface area is 146 Å². The molecule has 3 aromatic rings. The van der Waals surface area contributed by atoms with Crippen LogP contribution in [0.3, 0.4) is 0 Å². The summed E-state index contributed by atoms with van der Waals surface area (Å²) in [5, 5.41) is 0. The molecule has 1 aromatic heterocycles. The number of para-hydroxylation sites is 2. The van der Waals surface area contributed by atoms with Crippen molar-refractivity contribution in [1.29, 1.82) is 0 Å². The molecule has 0 N–H and O–H groups in total. The van der Waals surface area contributed by atoms with Crippen molar-refractivity contribution in [2.24, 2.45) is 0 Å². The van der Waals surface area contributed by atoms with Crippen molar-refractivity contribution in [1.82, 2.24) is 14.9 Å². The minimum atomic E-state index is 0.105. The number of fused-ring (bicyclic) bond motifs is 1. The molecule has 1 fully saturated rings. The normalized spacial score (nSPS) is 14.8. The number of aromatic nitrogens is 2. The summed E-state index contributed by atoms with van der Waals surface area (Å²) in [7, 11) is 0. The Kier molecular flexibility index (Phi) is 4.06. The van der Waals surface area contributed by atoms with Gasteiger partial charge in [0.25, 0.3) is 5.91 Å². The first-order valence-corrected chi connectivity index (χ1v) is 8.53. The Morgan fingerprint density at radius 3 is 2.48 bits per heavy atom. The van der Waals surface area contributed by atoms with Gasteiger partial charge in [0.15, 0.2) is 0 Å². The van der Waals surface area contributed by atoms with Gasteiger partial charge in [-0.2, -0.15) is 0 Å². The molecule has 0 atom stereocenters. The molecule has 0 saturated carbocycles. The zero-order chi connectivity index (χ0) is 17.2. The first kappa shape index (κ1) is 15.6. The van der Waals surface area contributed by atoms with Crippen molar-refractivity contribution in [2.45, 2.75) is 6.92 Å². The monoisotopic (exact) mass is 332 g/mol. The van der Waals surface area contributed by atoms with Gasteiger partial charge in [0.1, 0.15) is 5.82 Å². The lowest BCUT2D eigenvalue weighted by atomic mass is 10.1. The molecule has 1 aliphatic heterocycles. The van der Waals surface area contributed by atoms with Gasteiger partial charge in [0, 0.05) is 31.7 Å². The van der Waals surface area contributed by atoms with Crippen LogP contribution in [0.4, 0.5) is 5.82 Å². The van der Waals surface area contributed by atoms with Crippen LogP contribution in [-0.2, 0) is 0 Å². The molecule has 1 amide bonds. The van der Waals surface area contributed by atoms with Crippen molar-refractivity contribution < 1.29 is 4.79 Å². The Morgan fingerprint density at radius 2 is 1.72 bits per heavy atom. The zero-order valence-corrected chi connectivity index (χ0v) is 14.2. The van der Waals surface area contributed by atoms with Crippen LogP contribution in [0.25, 0.3) is 11.0 Å². The van der Waals surface area contributed by atoms with Gasteiger partial charge in [-0.25, -0.2) is 4.98 Å². The average molecular weight is 332 g/mol. The number of carbonyl (C=O) groups excluding carboxylic acids is 1. The molecule has 0 spiro atoms. The maximum atomic E-state index is 12.6. The summed E-state index contributed by atoms with van der Waals surface area (Å²) in [5.74, 6) is 0.981. The van der Waals surface area contributed by atoms with E-state index < -0.39 is 0 Å². The molecule has 2 aromatic carbocycles. The highest BCUT2D eigenvalue weighted by Gasteiger charge is 2.23. The molecule has 25 heavy (non-hydrogen) atoms. The molecule has 0 aliphatic carbocycles. The van der Waals surface area contributed by atoms with Gasteiger partial charge in [0.05, 0.1) is 17.2 Å². The minimum Gasteiger partial charge on any atom is -0.352 e. The first-order chi connectivity index (χ1) is 12.2. The van der Waals surface area contributed by atoms with E-state index in [1.165, 1.54) is 0 Å². The summed E-state index contributed by atoms with van der Waals surface area (Å²) in [6.07, 6.45) is 1.82. The van der Waals surface area contributed by atoms with E-state index in [1.54, 1.807) is 0 Å². The summed E-state index contributed by atoms with van der Waals surface area (Å²) in [4.78, 5) is 25.9. The molecule has 0 bridgehead atoms. The number of amides is 1. The van der Waals surface area contributed by atoms with Gasteiger partial charge in [-0.1, -0.05) is 29.8 Å². The molecule has 2 heterocycles. The largest absolute Gasteiger partial charge is 0.352 e. The van der Waals surface area contributed by atoms with E-state index in [9.17, 15) is 4.79 Å². The van der Waals surface area contributed by atoms with E-state index in [1.807, 2.05) is 66.6 Å². The third-order valence-corrected chi connectivity index (χ3v) is 4.59. The average Bonchev–Trinajstić information content (AvgIpc) is 2.67. The third-order valence-electron chi connectivity index (χ3n) is 4.59. The fourth-order valence-electron chi connectivity index (χ4n) is 3.20. The lowest BCUT2D eigenvalue weighted by Crippen LogP contribution is -2.49. The Morgan fingerprint density at radius 1 is 0.960 bits per heavy atom. The van der Waals surface area contributed by atoms with Crippen LogP contribution in [0.5, 0.6) is 0 Å². The van der Waals surface area contributed by atoms with E-state index in [2.05, 4.69) is 9.88 Å². The van der Waals surface area contributed by atoms with Crippen molar-refractivity contribution in [3.8, 4) is 0 Å². The SMILES string of the molecule is Cc1cccc(C(=O)N2CCN(c3cnc4ccccc4n3)CC2)c1. The van der Waals surface area contributed by atoms with Crippen molar-refractivity contribution in [3.05, 3.63) is 65.9 Å². The van der Waals surface area contributed by atoms with Gasteiger partial charge in [0.2, 0.25) is 0 Å². The Hall–Kier alpha value is -2.95. The van der Waals surface area contributed by atoms with E-state index in [-0.39, 0.29) is 5.91 Å². The summed E-state index contributed by atoms with van der Waals surface area (Å²) < 4.78 is 0. The number of carbonyl (C=O) groups is 1. The molecule has 1 aliphatic rings. The van der Waals surface area contributed by atoms with Crippen molar-refractivity contribution in [3.63, 3.8) is 0 Å². The van der Waals surface area contributed by atoms with Crippen molar-refractivity contribution in [2.75, 3.05) is 31.1 Å². The van der Waals surface area contributed by atoms with Crippen LogP contribution in [-0.4, -0.2) is 47.0 Å². The van der Waals surface area contributed by atoms with Crippen LogP contribution >= 0.6 is 0 Å². The van der Waals surface area contributed by atoms with E-state index in [0.717, 1.165) is 41.1 Å².